The van der Waals surface area contributed by atoms with Crippen molar-refractivity contribution in [3.63, 3.8) is 0 Å². The van der Waals surface area contributed by atoms with Crippen LogP contribution in [0.15, 0.2) is 216 Å². The van der Waals surface area contributed by atoms with E-state index in [2.05, 4.69) is 160 Å². The lowest BCUT2D eigenvalue weighted by molar-refractivity contribution is 0.562. The molecule has 0 amide bonds. The van der Waals surface area contributed by atoms with E-state index in [-0.39, 0.29) is 10.8 Å². The Morgan fingerprint density at radius 1 is 0.609 bits per heavy atom. The second kappa shape index (κ2) is 23.7. The van der Waals surface area contributed by atoms with Gasteiger partial charge in [0.15, 0.2) is 5.84 Å². The van der Waals surface area contributed by atoms with Crippen LogP contribution in [0.5, 0.6) is 0 Å². The zero-order valence-corrected chi connectivity index (χ0v) is 43.3. The average Bonchev–Trinajstić information content (AvgIpc) is 3.78. The summed E-state index contributed by atoms with van der Waals surface area (Å²) in [6, 6.07) is 50.2. The van der Waals surface area contributed by atoms with Gasteiger partial charge in [-0.1, -0.05) is 214 Å². The molecule has 352 valence electrons. The zero-order valence-electron chi connectivity index (χ0n) is 43.3. The van der Waals surface area contributed by atoms with Crippen molar-refractivity contribution >= 4 is 35.2 Å². The van der Waals surface area contributed by atoms with Crippen molar-refractivity contribution in [1.29, 1.82) is 0 Å². The van der Waals surface area contributed by atoms with E-state index in [0.717, 1.165) is 57.7 Å². The fourth-order valence-electron chi connectivity index (χ4n) is 9.02. The highest BCUT2D eigenvalue weighted by Crippen LogP contribution is 2.56. The molecular formula is C66H73N3. The van der Waals surface area contributed by atoms with Gasteiger partial charge in [0.2, 0.25) is 0 Å². The van der Waals surface area contributed by atoms with E-state index < -0.39 is 0 Å². The van der Waals surface area contributed by atoms with Crippen molar-refractivity contribution in [2.24, 2.45) is 15.0 Å². The molecule has 0 bridgehead atoms. The fraction of sp³-hybridized carbons (Fsp3) is 0.227. The van der Waals surface area contributed by atoms with Gasteiger partial charge < -0.3 is 0 Å². The number of nitrogens with zero attached hydrogens (tertiary/aromatic N) is 3. The maximum absolute atomic E-state index is 5.17. The highest BCUT2D eigenvalue weighted by molar-refractivity contribution is 6.13. The third-order valence-corrected chi connectivity index (χ3v) is 13.0. The van der Waals surface area contributed by atoms with Crippen molar-refractivity contribution in [1.82, 2.24) is 0 Å². The molecule has 2 aliphatic carbocycles. The van der Waals surface area contributed by atoms with E-state index in [1.807, 2.05) is 112 Å². The number of allylic oxidation sites excluding steroid dienone is 6. The standard InChI is InChI=1S/C47H48N2.C9H9N.C8H10.C2H6/c1-12-34(29(2)3)23-30(4)40-28-46(8,9)41-27-39-42(26-38(40)41)47(10,11)43-25-37(24-31(5)44(39)43)45(48-32(6)35-19-15-13-16-20-35)49-33(7)36-21-17-14-18-22-36;1-8(10-2)9-6-4-3-5-7-9;1-2-8-6-4-3-5-7-8;1-2/h12-27H,1-2,6,28H2,3-5,7-11H3;3-7H,1-2H2;3-7H,2H2,1H3;1-2H3/b34-23+,40-30+,48-45?,49-33?;;;. The number of hydrogen-bond acceptors (Lipinski definition) is 2. The van der Waals surface area contributed by atoms with Gasteiger partial charge in [-0.05, 0) is 155 Å². The van der Waals surface area contributed by atoms with E-state index in [4.69, 9.17) is 9.98 Å². The lowest BCUT2D eigenvalue weighted by atomic mass is 9.80. The third kappa shape index (κ3) is 12.5. The van der Waals surface area contributed by atoms with E-state index >= 15 is 0 Å². The Kier molecular flexibility index (Phi) is 18.1. The molecule has 0 atom stereocenters. The number of fused-ring (bicyclic) bond motifs is 4. The first kappa shape index (κ1) is 52.7. The molecule has 0 aromatic heterocycles. The topological polar surface area (TPSA) is 37.1 Å². The van der Waals surface area contributed by atoms with Crippen molar-refractivity contribution in [2.45, 2.75) is 99.8 Å². The number of hydrogen-bond donors (Lipinski definition) is 0. The van der Waals surface area contributed by atoms with Gasteiger partial charge >= 0.3 is 0 Å². The lowest BCUT2D eigenvalue weighted by Gasteiger charge is -2.24. The van der Waals surface area contributed by atoms with Gasteiger partial charge in [0.25, 0.3) is 0 Å². The van der Waals surface area contributed by atoms with Gasteiger partial charge in [0, 0.05) is 16.7 Å². The first-order valence-corrected chi connectivity index (χ1v) is 24.2. The molecule has 69 heavy (non-hydrogen) atoms. The van der Waals surface area contributed by atoms with Gasteiger partial charge in [-0.15, -0.1) is 0 Å². The lowest BCUT2D eigenvalue weighted by Crippen LogP contribution is -2.17. The Bertz CT molecular complexity index is 2940. The summed E-state index contributed by atoms with van der Waals surface area (Å²) >= 11 is 0. The van der Waals surface area contributed by atoms with Crippen LogP contribution in [0.2, 0.25) is 0 Å². The summed E-state index contributed by atoms with van der Waals surface area (Å²) in [5, 5.41) is 0. The minimum Gasteiger partial charge on any atom is -0.265 e. The monoisotopic (exact) mass is 908 g/mol. The normalized spacial score (nSPS) is 14.7. The summed E-state index contributed by atoms with van der Waals surface area (Å²) in [7, 11) is 0. The third-order valence-electron chi connectivity index (χ3n) is 13.0. The first-order valence-electron chi connectivity index (χ1n) is 24.2. The molecule has 0 N–H and O–H groups in total. The predicted molar refractivity (Wildman–Crippen MR) is 305 cm³/mol. The Hall–Kier alpha value is -7.23. The minimum absolute atomic E-state index is 0.0222. The molecule has 8 rings (SSSR count). The quantitative estimate of drug-likeness (QED) is 0.0746. The van der Waals surface area contributed by atoms with Gasteiger partial charge in [-0.25, -0.2) is 9.98 Å². The predicted octanol–water partition coefficient (Wildman–Crippen LogP) is 18.0. The molecule has 0 aliphatic heterocycles. The zero-order chi connectivity index (χ0) is 50.5. The van der Waals surface area contributed by atoms with Crippen LogP contribution in [-0.4, -0.2) is 18.3 Å². The van der Waals surface area contributed by atoms with Crippen molar-refractivity contribution < 1.29 is 0 Å². The fourth-order valence-corrected chi connectivity index (χ4v) is 9.02. The summed E-state index contributed by atoms with van der Waals surface area (Å²) in [6.45, 7) is 43.9. The van der Waals surface area contributed by atoms with Crippen molar-refractivity contribution in [3.05, 3.63) is 256 Å². The number of benzene rings is 6. The number of rotatable bonds is 10. The van der Waals surface area contributed by atoms with Crippen LogP contribution in [-0.2, 0) is 17.3 Å². The first-order chi connectivity index (χ1) is 33.0. The summed E-state index contributed by atoms with van der Waals surface area (Å²) < 4.78 is 0. The molecule has 0 fully saturated rings. The Morgan fingerprint density at radius 3 is 1.61 bits per heavy atom. The molecule has 3 nitrogen and oxygen atoms in total. The summed E-state index contributed by atoms with van der Waals surface area (Å²) in [5.74, 6) is 0.666. The molecule has 2 aliphatic rings. The van der Waals surface area contributed by atoms with Crippen molar-refractivity contribution in [2.75, 3.05) is 0 Å². The molecule has 6 aromatic carbocycles. The number of amidine groups is 1. The number of aliphatic imine (C=N–C) groups is 3. The highest BCUT2D eigenvalue weighted by atomic mass is 14.9. The molecule has 0 heterocycles. The van der Waals surface area contributed by atoms with Crippen LogP contribution in [0.1, 0.15) is 131 Å². The molecule has 0 unspecified atom stereocenters. The second-order valence-corrected chi connectivity index (χ2v) is 18.7. The SMILES string of the molecule is C=C/C(=C\C(C)=C1/CC(C)(C)c2cc3c(cc21)C(C)(C)c1cc(C(N=C(C)c2ccccc2)=NC(=C)c2ccccc2)cc(C)c1-3)C(=C)C.C=NC(=C)c1ccccc1.CC.CCc1ccccc1. The maximum Gasteiger partial charge on any atom is 0.160 e. The van der Waals surface area contributed by atoms with E-state index in [9.17, 15) is 0 Å². The van der Waals surface area contributed by atoms with E-state index in [1.54, 1.807) is 0 Å². The smallest absolute Gasteiger partial charge is 0.160 e. The Balaban J connectivity index is 0.000000367. The molecule has 0 saturated heterocycles. The summed E-state index contributed by atoms with van der Waals surface area (Å²) in [4.78, 5) is 14.0. The number of aryl methyl sites for hydroxylation is 2. The molecule has 3 heteroatoms. The van der Waals surface area contributed by atoms with E-state index in [1.165, 1.54) is 55.7 Å². The van der Waals surface area contributed by atoms with Crippen LogP contribution < -0.4 is 0 Å². The minimum atomic E-state index is -0.216. The Morgan fingerprint density at radius 2 is 1.12 bits per heavy atom. The van der Waals surface area contributed by atoms with Crippen LogP contribution in [0, 0.1) is 6.92 Å². The highest BCUT2D eigenvalue weighted by Gasteiger charge is 2.42. The largest absolute Gasteiger partial charge is 0.265 e. The molecular weight excluding hydrogens is 835 g/mol. The van der Waals surface area contributed by atoms with Crippen LogP contribution in [0.25, 0.3) is 28.1 Å². The van der Waals surface area contributed by atoms with Crippen molar-refractivity contribution in [3.8, 4) is 11.1 Å². The van der Waals surface area contributed by atoms with Gasteiger partial charge in [0.1, 0.15) is 0 Å². The van der Waals surface area contributed by atoms with Crippen LogP contribution in [0.4, 0.5) is 0 Å². The maximum atomic E-state index is 5.17. The van der Waals surface area contributed by atoms with Gasteiger partial charge in [-0.3, -0.25) is 4.99 Å². The van der Waals surface area contributed by atoms with Crippen LogP contribution >= 0.6 is 0 Å². The molecule has 0 spiro atoms. The Labute approximate surface area is 415 Å². The van der Waals surface area contributed by atoms with Gasteiger partial charge in [-0.2, -0.15) is 0 Å². The molecule has 0 radical (unpaired) electrons. The van der Waals surface area contributed by atoms with E-state index in [0.29, 0.717) is 11.5 Å². The summed E-state index contributed by atoms with van der Waals surface area (Å²) in [6.07, 6.45) is 6.31. The second-order valence-electron chi connectivity index (χ2n) is 18.7. The molecule has 6 aromatic rings. The van der Waals surface area contributed by atoms with Crippen LogP contribution in [0.3, 0.4) is 0 Å². The average molecular weight is 908 g/mol. The molecule has 0 saturated carbocycles. The summed E-state index contributed by atoms with van der Waals surface area (Å²) in [5.41, 5.74) is 21.8. The van der Waals surface area contributed by atoms with Gasteiger partial charge in [0.05, 0.1) is 11.4 Å².